The average molecular weight is 417 g/mol. The monoisotopic (exact) mass is 416 g/mol. The Bertz CT molecular complexity index is 772. The molecule has 5 heteroatoms. The Balaban J connectivity index is 1.95. The van der Waals surface area contributed by atoms with Gasteiger partial charge in [0.15, 0.2) is 0 Å². The molecule has 0 aromatic rings. The normalized spacial score (nSPS) is 37.4. The van der Waals surface area contributed by atoms with E-state index in [1.807, 2.05) is 19.9 Å². The Kier molecular flexibility index (Phi) is 6.43. The van der Waals surface area contributed by atoms with Crippen LogP contribution in [0, 0.1) is 35.0 Å². The van der Waals surface area contributed by atoms with Crippen molar-refractivity contribution in [3.05, 3.63) is 24.0 Å². The molecular weight excluding hydrogens is 380 g/mol. The van der Waals surface area contributed by atoms with Crippen LogP contribution in [-0.4, -0.2) is 29.7 Å². The van der Waals surface area contributed by atoms with Crippen molar-refractivity contribution in [3.63, 3.8) is 0 Å². The summed E-state index contributed by atoms with van der Waals surface area (Å²) < 4.78 is 11.4. The maximum Gasteiger partial charge on any atom is 0.335 e. The second kappa shape index (κ2) is 8.41. The highest BCUT2D eigenvalue weighted by atomic mass is 16.5. The molecule has 3 aliphatic rings. The Morgan fingerprint density at radius 2 is 1.90 bits per heavy atom. The van der Waals surface area contributed by atoms with Gasteiger partial charge in [-0.05, 0) is 83.1 Å². The summed E-state index contributed by atoms with van der Waals surface area (Å²) in [6.07, 6.45) is 7.87. The molecule has 0 N–H and O–H groups in total. The van der Waals surface area contributed by atoms with Gasteiger partial charge in [0.2, 0.25) is 0 Å². The zero-order valence-electron chi connectivity index (χ0n) is 19.2. The lowest BCUT2D eigenvalue weighted by molar-refractivity contribution is -0.173. The maximum atomic E-state index is 13.7. The van der Waals surface area contributed by atoms with E-state index < -0.39 is 11.9 Å². The number of carbonyl (C=O) groups is 3. The zero-order chi connectivity index (χ0) is 22.3. The van der Waals surface area contributed by atoms with Crippen LogP contribution in [0.15, 0.2) is 24.0 Å². The van der Waals surface area contributed by atoms with E-state index in [9.17, 15) is 14.4 Å². The minimum absolute atomic E-state index is 0.0157. The van der Waals surface area contributed by atoms with Gasteiger partial charge in [-0.2, -0.15) is 0 Å². The summed E-state index contributed by atoms with van der Waals surface area (Å²) in [5.74, 6) is -0.322. The van der Waals surface area contributed by atoms with E-state index in [1.165, 1.54) is 12.3 Å². The lowest BCUT2D eigenvalue weighted by atomic mass is 9.56. The molecule has 166 valence electrons. The van der Waals surface area contributed by atoms with Crippen LogP contribution >= 0.6 is 0 Å². The number of fused-ring (bicyclic) bond motifs is 1. The highest BCUT2D eigenvalue weighted by Gasteiger charge is 2.58. The van der Waals surface area contributed by atoms with E-state index in [2.05, 4.69) is 20.8 Å². The van der Waals surface area contributed by atoms with Gasteiger partial charge in [0, 0.05) is 24.3 Å². The van der Waals surface area contributed by atoms with Gasteiger partial charge in [-0.3, -0.25) is 4.79 Å². The van der Waals surface area contributed by atoms with Gasteiger partial charge in [0.05, 0.1) is 18.5 Å². The SMILES string of the molecule is CC(=O)C[C@H]1C(=O)[C@@H]2COC(C)(C)[C@@H]3CC[C@@](C)(C[C@@H]32)[C@H]1/C=C/OC(=O)C=C(C)C. The summed E-state index contributed by atoms with van der Waals surface area (Å²) in [5, 5.41) is 0. The quantitative estimate of drug-likeness (QED) is 0.371. The van der Waals surface area contributed by atoms with E-state index in [0.717, 1.165) is 24.8 Å². The molecule has 3 rings (SSSR count). The first-order valence-electron chi connectivity index (χ1n) is 11.1. The van der Waals surface area contributed by atoms with Gasteiger partial charge in [0.1, 0.15) is 11.6 Å². The molecule has 5 nitrogen and oxygen atoms in total. The molecule has 0 unspecified atom stereocenters. The molecule has 0 aromatic heterocycles. The smallest absolute Gasteiger partial charge is 0.335 e. The highest BCUT2D eigenvalue weighted by molar-refractivity contribution is 5.90. The number of rotatable bonds is 5. The zero-order valence-corrected chi connectivity index (χ0v) is 19.2. The Labute approximate surface area is 180 Å². The van der Waals surface area contributed by atoms with Crippen molar-refractivity contribution in [2.75, 3.05) is 6.61 Å². The molecule has 0 aromatic carbocycles. The summed E-state index contributed by atoms with van der Waals surface area (Å²) in [5.41, 5.74) is 0.525. The molecule has 2 aliphatic carbocycles. The minimum atomic E-state index is -0.424. The molecule has 1 saturated heterocycles. The Morgan fingerprint density at radius 1 is 1.20 bits per heavy atom. The lowest BCUT2D eigenvalue weighted by Gasteiger charge is -2.53. The van der Waals surface area contributed by atoms with E-state index >= 15 is 0 Å². The van der Waals surface area contributed by atoms with Crippen molar-refractivity contribution in [2.24, 2.45) is 35.0 Å². The van der Waals surface area contributed by atoms with E-state index in [-0.39, 0.29) is 46.8 Å². The summed E-state index contributed by atoms with van der Waals surface area (Å²) in [4.78, 5) is 37.7. The van der Waals surface area contributed by atoms with Crippen molar-refractivity contribution in [1.82, 2.24) is 0 Å². The second-order valence-corrected chi connectivity index (χ2v) is 10.6. The van der Waals surface area contributed by atoms with Gasteiger partial charge in [-0.15, -0.1) is 0 Å². The molecule has 2 saturated carbocycles. The number of carbonyl (C=O) groups excluding carboxylic acids is 3. The van der Waals surface area contributed by atoms with Crippen LogP contribution in [0.4, 0.5) is 0 Å². The maximum absolute atomic E-state index is 13.7. The number of Topliss-reactive ketones (excluding diaryl/α,β-unsaturated/α-hetero) is 2. The van der Waals surface area contributed by atoms with Crippen molar-refractivity contribution in [3.8, 4) is 0 Å². The van der Waals surface area contributed by atoms with Crippen LogP contribution < -0.4 is 0 Å². The van der Waals surface area contributed by atoms with Crippen molar-refractivity contribution < 1.29 is 23.9 Å². The molecule has 1 aliphatic heterocycles. The number of esters is 1. The molecule has 30 heavy (non-hydrogen) atoms. The first kappa shape index (κ1) is 22.9. The van der Waals surface area contributed by atoms with Crippen molar-refractivity contribution in [1.29, 1.82) is 0 Å². The summed E-state index contributed by atoms with van der Waals surface area (Å²) in [7, 11) is 0. The summed E-state index contributed by atoms with van der Waals surface area (Å²) in [6, 6.07) is 0. The fourth-order valence-electron chi connectivity index (χ4n) is 6.20. The molecular formula is C25H36O5. The van der Waals surface area contributed by atoms with Gasteiger partial charge in [-0.1, -0.05) is 12.5 Å². The third-order valence-electron chi connectivity index (χ3n) is 7.64. The summed E-state index contributed by atoms with van der Waals surface area (Å²) >= 11 is 0. The van der Waals surface area contributed by atoms with Gasteiger partial charge < -0.3 is 14.3 Å². The largest absolute Gasteiger partial charge is 0.432 e. The number of allylic oxidation sites excluding steroid dienone is 2. The summed E-state index contributed by atoms with van der Waals surface area (Å²) in [6.45, 7) is 12.2. The molecule has 1 heterocycles. The average Bonchev–Trinajstić information content (AvgIpc) is 2.67. The molecule has 6 atom stereocenters. The third-order valence-corrected chi connectivity index (χ3v) is 7.64. The lowest BCUT2D eigenvalue weighted by Crippen LogP contribution is -2.53. The van der Waals surface area contributed by atoms with Crippen LogP contribution in [0.5, 0.6) is 0 Å². The topological polar surface area (TPSA) is 69.7 Å². The Hall–Kier alpha value is -1.75. The van der Waals surface area contributed by atoms with Crippen molar-refractivity contribution in [2.45, 2.75) is 72.8 Å². The van der Waals surface area contributed by atoms with Gasteiger partial charge >= 0.3 is 5.97 Å². The number of ketones is 2. The van der Waals surface area contributed by atoms with Gasteiger partial charge in [-0.25, -0.2) is 4.79 Å². The van der Waals surface area contributed by atoms with Crippen molar-refractivity contribution >= 4 is 17.5 Å². The molecule has 0 amide bonds. The van der Waals surface area contributed by atoms with Crippen LogP contribution in [0.25, 0.3) is 0 Å². The molecule has 0 radical (unpaired) electrons. The van der Waals surface area contributed by atoms with Crippen LogP contribution in [0.3, 0.4) is 0 Å². The van der Waals surface area contributed by atoms with Crippen LogP contribution in [-0.2, 0) is 23.9 Å². The second-order valence-electron chi connectivity index (χ2n) is 10.6. The standard InChI is InChI=1S/C25H36O5/c1-15(2)11-22(27)29-10-8-21-17(12-16(3)26)23(28)19-14-30-24(4,5)20-7-9-25(21,6)13-18(19)20/h8,10-11,17-21H,7,9,12-14H2,1-6H3/b10-8+/t17-,18-,19-,20-,21+,25+/m1/s1. The predicted octanol–water partition coefficient (Wildman–Crippen LogP) is 4.65. The minimum Gasteiger partial charge on any atom is -0.432 e. The van der Waals surface area contributed by atoms with E-state index in [0.29, 0.717) is 12.5 Å². The fraction of sp³-hybridized carbons (Fsp3) is 0.720. The number of ether oxygens (including phenoxy) is 2. The first-order valence-corrected chi connectivity index (χ1v) is 11.1. The predicted molar refractivity (Wildman–Crippen MR) is 114 cm³/mol. The Morgan fingerprint density at radius 3 is 2.53 bits per heavy atom. The molecule has 3 fully saturated rings. The third kappa shape index (κ3) is 4.46. The van der Waals surface area contributed by atoms with E-state index in [1.54, 1.807) is 6.92 Å². The fourth-order valence-corrected chi connectivity index (χ4v) is 6.20. The van der Waals surface area contributed by atoms with Crippen LogP contribution in [0.1, 0.15) is 67.2 Å². The number of hydrogen-bond acceptors (Lipinski definition) is 5. The van der Waals surface area contributed by atoms with Gasteiger partial charge in [0.25, 0.3) is 0 Å². The first-order chi connectivity index (χ1) is 13.9. The highest BCUT2D eigenvalue weighted by Crippen LogP contribution is 2.59. The molecule has 2 bridgehead atoms. The molecule has 0 spiro atoms. The van der Waals surface area contributed by atoms with E-state index in [4.69, 9.17) is 9.47 Å². The van der Waals surface area contributed by atoms with Crippen LogP contribution in [0.2, 0.25) is 0 Å². The number of hydrogen-bond donors (Lipinski definition) is 0.